The number of rotatable bonds is 6. The zero-order chi connectivity index (χ0) is 18.4. The predicted octanol–water partition coefficient (Wildman–Crippen LogP) is 4.06. The summed E-state index contributed by atoms with van der Waals surface area (Å²) >= 11 is 3.47. The number of nitrogens with one attached hydrogen (secondary N) is 1. The lowest BCUT2D eigenvalue weighted by Crippen LogP contribution is -2.56. The van der Waals surface area contributed by atoms with Crippen LogP contribution in [0.3, 0.4) is 0 Å². The Labute approximate surface area is 161 Å². The van der Waals surface area contributed by atoms with Crippen LogP contribution in [0.25, 0.3) is 0 Å². The first-order valence-corrected chi connectivity index (χ1v) is 10.6. The minimum absolute atomic E-state index is 0.318. The van der Waals surface area contributed by atoms with E-state index >= 15 is 0 Å². The Morgan fingerprint density at radius 1 is 1.04 bits per heavy atom. The minimum atomic E-state index is -1.13. The van der Waals surface area contributed by atoms with E-state index in [4.69, 9.17) is 0 Å². The van der Waals surface area contributed by atoms with Gasteiger partial charge < -0.3 is 10.4 Å². The molecule has 1 aliphatic heterocycles. The summed E-state index contributed by atoms with van der Waals surface area (Å²) in [6, 6.07) is 17.5. The molecule has 0 saturated carbocycles. The van der Waals surface area contributed by atoms with Crippen molar-refractivity contribution in [3.05, 3.63) is 65.7 Å². The molecule has 0 atom stereocenters. The first-order chi connectivity index (χ1) is 12.6. The van der Waals surface area contributed by atoms with Crippen LogP contribution in [0.4, 0.5) is 0 Å². The second kappa shape index (κ2) is 8.64. The quantitative estimate of drug-likeness (QED) is 0.732. The van der Waals surface area contributed by atoms with Crippen molar-refractivity contribution in [2.24, 2.45) is 0 Å². The Hall–Kier alpha value is -1.92. The molecule has 0 spiro atoms. The van der Waals surface area contributed by atoms with E-state index in [0.29, 0.717) is 18.4 Å². The van der Waals surface area contributed by atoms with Crippen LogP contribution in [0, 0.1) is 0 Å². The molecule has 2 N–H and O–H groups in total. The number of carbonyl (C=O) groups is 2. The summed E-state index contributed by atoms with van der Waals surface area (Å²) in [5.41, 5.74) is 0.485. The summed E-state index contributed by atoms with van der Waals surface area (Å²) in [6.45, 7) is 0. The average Bonchev–Trinajstić information content (AvgIpc) is 2.68. The number of carboxylic acids is 1. The Balaban J connectivity index is 1.62. The van der Waals surface area contributed by atoms with Crippen LogP contribution in [-0.2, 0) is 10.5 Å². The van der Waals surface area contributed by atoms with Crippen LogP contribution >= 0.6 is 23.5 Å². The van der Waals surface area contributed by atoms with Gasteiger partial charge in [0.2, 0.25) is 0 Å². The Morgan fingerprint density at radius 3 is 2.31 bits per heavy atom. The van der Waals surface area contributed by atoms with E-state index in [9.17, 15) is 14.7 Å². The topological polar surface area (TPSA) is 66.4 Å². The van der Waals surface area contributed by atoms with Gasteiger partial charge in [-0.25, -0.2) is 4.79 Å². The number of hydrogen-bond acceptors (Lipinski definition) is 4. The van der Waals surface area contributed by atoms with Crippen molar-refractivity contribution >= 4 is 35.4 Å². The van der Waals surface area contributed by atoms with Gasteiger partial charge in [-0.15, -0.1) is 11.8 Å². The van der Waals surface area contributed by atoms with E-state index < -0.39 is 11.5 Å². The maximum Gasteiger partial charge on any atom is 0.329 e. The molecule has 26 heavy (non-hydrogen) atoms. The molecule has 0 aliphatic carbocycles. The fraction of sp³-hybridized carbons (Fsp3) is 0.300. The molecule has 0 radical (unpaired) electrons. The van der Waals surface area contributed by atoms with E-state index in [1.165, 1.54) is 4.90 Å². The maximum atomic E-state index is 12.5. The molecular weight excluding hydrogens is 366 g/mol. The molecule has 1 heterocycles. The molecule has 4 nitrogen and oxygen atoms in total. The third kappa shape index (κ3) is 4.62. The van der Waals surface area contributed by atoms with E-state index in [2.05, 4.69) is 17.4 Å². The number of thioether (sulfide) groups is 2. The summed E-state index contributed by atoms with van der Waals surface area (Å²) < 4.78 is 0. The van der Waals surface area contributed by atoms with Crippen LogP contribution in [0.2, 0.25) is 0 Å². The normalized spacial score (nSPS) is 16.0. The lowest BCUT2D eigenvalue weighted by atomic mass is 9.92. The van der Waals surface area contributed by atoms with Gasteiger partial charge in [0.25, 0.3) is 5.91 Å². The minimum Gasteiger partial charge on any atom is -0.480 e. The first-order valence-electron chi connectivity index (χ1n) is 8.49. The van der Waals surface area contributed by atoms with Gasteiger partial charge in [0.15, 0.2) is 0 Å². The Morgan fingerprint density at radius 2 is 1.69 bits per heavy atom. The molecule has 0 unspecified atom stereocenters. The van der Waals surface area contributed by atoms with Gasteiger partial charge in [0, 0.05) is 16.2 Å². The number of amides is 1. The van der Waals surface area contributed by atoms with Crippen molar-refractivity contribution in [3.63, 3.8) is 0 Å². The monoisotopic (exact) mass is 387 g/mol. The van der Waals surface area contributed by atoms with Gasteiger partial charge in [-0.3, -0.25) is 4.79 Å². The van der Waals surface area contributed by atoms with Gasteiger partial charge in [0.05, 0.1) is 0 Å². The molecule has 1 amide bonds. The predicted molar refractivity (Wildman–Crippen MR) is 107 cm³/mol. The number of benzene rings is 2. The lowest BCUT2D eigenvalue weighted by molar-refractivity contribution is -0.144. The van der Waals surface area contributed by atoms with Crippen molar-refractivity contribution in [2.45, 2.75) is 29.0 Å². The van der Waals surface area contributed by atoms with Crippen LogP contribution in [0.5, 0.6) is 0 Å². The zero-order valence-corrected chi connectivity index (χ0v) is 15.9. The molecule has 3 rings (SSSR count). The smallest absolute Gasteiger partial charge is 0.329 e. The molecule has 136 valence electrons. The Bertz CT molecular complexity index is 756. The second-order valence-electron chi connectivity index (χ2n) is 6.25. The zero-order valence-electron chi connectivity index (χ0n) is 14.3. The third-order valence-electron chi connectivity index (χ3n) is 4.47. The third-order valence-corrected chi connectivity index (χ3v) is 6.54. The SMILES string of the molecule is O=C(NC1(C(=O)O)CCSCC1)c1ccc(CSc2ccccc2)cc1. The molecular formula is C20H21NO3S2. The fourth-order valence-corrected chi connectivity index (χ4v) is 4.90. The van der Waals surface area contributed by atoms with E-state index in [0.717, 1.165) is 22.8 Å². The van der Waals surface area contributed by atoms with E-state index in [-0.39, 0.29) is 5.91 Å². The fourth-order valence-electron chi connectivity index (χ4n) is 2.84. The van der Waals surface area contributed by atoms with Crippen molar-refractivity contribution in [2.75, 3.05) is 11.5 Å². The Kier molecular flexibility index (Phi) is 6.27. The molecule has 6 heteroatoms. The highest BCUT2D eigenvalue weighted by Crippen LogP contribution is 2.28. The number of carboxylic acid groups (broad SMARTS) is 1. The summed E-state index contributed by atoms with van der Waals surface area (Å²) in [7, 11) is 0. The van der Waals surface area contributed by atoms with Crippen LogP contribution < -0.4 is 5.32 Å². The number of carbonyl (C=O) groups excluding carboxylic acids is 1. The summed E-state index contributed by atoms with van der Waals surface area (Å²) in [5.74, 6) is 1.07. The summed E-state index contributed by atoms with van der Waals surface area (Å²) in [4.78, 5) is 25.4. The van der Waals surface area contributed by atoms with Crippen molar-refractivity contribution < 1.29 is 14.7 Å². The first kappa shape index (κ1) is 18.9. The summed E-state index contributed by atoms with van der Waals surface area (Å²) in [5, 5.41) is 12.3. The van der Waals surface area contributed by atoms with E-state index in [1.807, 2.05) is 30.3 Å². The highest BCUT2D eigenvalue weighted by molar-refractivity contribution is 7.99. The number of hydrogen-bond donors (Lipinski definition) is 2. The molecule has 0 bridgehead atoms. The van der Waals surface area contributed by atoms with Crippen LogP contribution in [0.1, 0.15) is 28.8 Å². The average molecular weight is 388 g/mol. The summed E-state index contributed by atoms with van der Waals surface area (Å²) in [6.07, 6.45) is 0.926. The molecule has 0 aromatic heterocycles. The van der Waals surface area contributed by atoms with Crippen LogP contribution in [0.15, 0.2) is 59.5 Å². The van der Waals surface area contributed by atoms with Crippen molar-refractivity contribution in [1.29, 1.82) is 0 Å². The second-order valence-corrected chi connectivity index (χ2v) is 8.53. The maximum absolute atomic E-state index is 12.5. The van der Waals surface area contributed by atoms with Gasteiger partial charge >= 0.3 is 5.97 Å². The molecule has 1 fully saturated rings. The van der Waals surface area contributed by atoms with Gasteiger partial charge in [0.1, 0.15) is 5.54 Å². The van der Waals surface area contributed by atoms with E-state index in [1.54, 1.807) is 35.7 Å². The standard InChI is InChI=1S/C20H21NO3S2/c22-18(21-20(19(23)24)10-12-25-13-11-20)16-8-6-15(7-9-16)14-26-17-4-2-1-3-5-17/h1-9H,10-14H2,(H,21,22)(H,23,24). The molecule has 2 aromatic carbocycles. The molecule has 2 aromatic rings. The molecule has 1 saturated heterocycles. The number of aliphatic carboxylic acids is 1. The van der Waals surface area contributed by atoms with Crippen molar-refractivity contribution in [3.8, 4) is 0 Å². The van der Waals surface area contributed by atoms with Gasteiger partial charge in [-0.1, -0.05) is 30.3 Å². The van der Waals surface area contributed by atoms with Gasteiger partial charge in [-0.2, -0.15) is 11.8 Å². The van der Waals surface area contributed by atoms with Crippen LogP contribution in [-0.4, -0.2) is 34.0 Å². The van der Waals surface area contributed by atoms with Crippen molar-refractivity contribution in [1.82, 2.24) is 5.32 Å². The highest BCUT2D eigenvalue weighted by Gasteiger charge is 2.41. The highest BCUT2D eigenvalue weighted by atomic mass is 32.2. The molecule has 1 aliphatic rings. The lowest BCUT2D eigenvalue weighted by Gasteiger charge is -2.33. The largest absolute Gasteiger partial charge is 0.480 e. The van der Waals surface area contributed by atoms with Gasteiger partial charge in [-0.05, 0) is 54.2 Å².